The van der Waals surface area contributed by atoms with Crippen molar-refractivity contribution >= 4 is 5.91 Å². The van der Waals surface area contributed by atoms with Gasteiger partial charge >= 0.3 is 0 Å². The number of aromatic nitrogens is 5. The van der Waals surface area contributed by atoms with E-state index in [2.05, 4.69) is 20.5 Å². The van der Waals surface area contributed by atoms with Gasteiger partial charge in [0, 0.05) is 24.2 Å². The molecule has 10 nitrogen and oxygen atoms in total. The van der Waals surface area contributed by atoms with E-state index in [1.807, 2.05) is 30.3 Å². The second kappa shape index (κ2) is 8.73. The molecule has 5 rings (SSSR count). The van der Waals surface area contributed by atoms with E-state index in [1.54, 1.807) is 48.2 Å². The molecule has 0 unspecified atom stereocenters. The van der Waals surface area contributed by atoms with Gasteiger partial charge in [0.05, 0.1) is 26.5 Å². The number of nitrogens with zero attached hydrogens (tertiary/aromatic N) is 6. The first-order valence-electron chi connectivity index (χ1n) is 10.5. The fourth-order valence-electron chi connectivity index (χ4n) is 3.88. The van der Waals surface area contributed by atoms with Gasteiger partial charge in [0.15, 0.2) is 17.2 Å². The quantitative estimate of drug-likeness (QED) is 0.445. The highest BCUT2D eigenvalue weighted by atomic mass is 16.5. The molecule has 168 valence electrons. The number of carbonyl (C=O) groups excluding carboxylic acids is 1. The SMILES string of the molecule is COc1ccc(C(=O)N2CC[C@H](n3cc(-c4nc(-c5ccccc5)no4)nn3)C2)cc1OC. The third kappa shape index (κ3) is 4.02. The average Bonchev–Trinajstić information content (AvgIpc) is 3.63. The smallest absolute Gasteiger partial charge is 0.280 e. The predicted octanol–water partition coefficient (Wildman–Crippen LogP) is 3.10. The number of likely N-dealkylation sites (tertiary alicyclic amines) is 1. The average molecular weight is 446 g/mol. The van der Waals surface area contributed by atoms with Crippen molar-refractivity contribution in [1.29, 1.82) is 0 Å². The number of ether oxygens (including phenoxy) is 2. The monoisotopic (exact) mass is 446 g/mol. The van der Waals surface area contributed by atoms with Crippen LogP contribution in [0, 0.1) is 0 Å². The largest absolute Gasteiger partial charge is 0.493 e. The molecule has 1 aliphatic heterocycles. The Labute approximate surface area is 189 Å². The molecule has 1 atom stereocenters. The van der Waals surface area contributed by atoms with E-state index < -0.39 is 0 Å². The Morgan fingerprint density at radius 3 is 2.70 bits per heavy atom. The lowest BCUT2D eigenvalue weighted by Gasteiger charge is -2.17. The van der Waals surface area contributed by atoms with E-state index in [-0.39, 0.29) is 11.9 Å². The van der Waals surface area contributed by atoms with Gasteiger partial charge in [-0.1, -0.05) is 40.7 Å². The normalized spacial score (nSPS) is 15.6. The molecule has 0 bridgehead atoms. The maximum Gasteiger partial charge on any atom is 0.280 e. The summed E-state index contributed by atoms with van der Waals surface area (Å²) in [6.07, 6.45) is 2.54. The molecule has 1 amide bonds. The minimum Gasteiger partial charge on any atom is -0.493 e. The number of rotatable bonds is 6. The molecule has 4 aromatic rings. The van der Waals surface area contributed by atoms with Crippen LogP contribution in [0.2, 0.25) is 0 Å². The molecular weight excluding hydrogens is 424 g/mol. The highest BCUT2D eigenvalue weighted by Crippen LogP contribution is 2.30. The Kier molecular flexibility index (Phi) is 5.47. The molecular formula is C23H22N6O4. The number of carbonyl (C=O) groups is 1. The van der Waals surface area contributed by atoms with Crippen molar-refractivity contribution in [3.8, 4) is 34.5 Å². The van der Waals surface area contributed by atoms with Gasteiger partial charge in [-0.05, 0) is 24.6 Å². The van der Waals surface area contributed by atoms with Crippen molar-refractivity contribution in [2.24, 2.45) is 0 Å². The fourth-order valence-corrected chi connectivity index (χ4v) is 3.88. The first-order valence-corrected chi connectivity index (χ1v) is 10.5. The summed E-state index contributed by atoms with van der Waals surface area (Å²) in [6.45, 7) is 1.14. The number of benzene rings is 2. The van der Waals surface area contributed by atoms with Gasteiger partial charge in [0.1, 0.15) is 0 Å². The van der Waals surface area contributed by atoms with Crippen LogP contribution in [-0.4, -0.2) is 63.3 Å². The lowest BCUT2D eigenvalue weighted by Crippen LogP contribution is -2.29. The molecule has 1 aliphatic rings. The second-order valence-corrected chi connectivity index (χ2v) is 7.64. The zero-order chi connectivity index (χ0) is 22.8. The van der Waals surface area contributed by atoms with E-state index >= 15 is 0 Å². The van der Waals surface area contributed by atoms with Crippen LogP contribution < -0.4 is 9.47 Å². The Morgan fingerprint density at radius 2 is 1.91 bits per heavy atom. The molecule has 1 fully saturated rings. The second-order valence-electron chi connectivity index (χ2n) is 7.64. The van der Waals surface area contributed by atoms with E-state index in [9.17, 15) is 4.79 Å². The Bertz CT molecular complexity index is 1270. The highest BCUT2D eigenvalue weighted by Gasteiger charge is 2.30. The van der Waals surface area contributed by atoms with Gasteiger partial charge in [-0.15, -0.1) is 5.10 Å². The highest BCUT2D eigenvalue weighted by molar-refractivity contribution is 5.95. The molecule has 2 aromatic carbocycles. The topological polar surface area (TPSA) is 108 Å². The Balaban J connectivity index is 1.28. The minimum atomic E-state index is -0.0665. The molecule has 1 saturated heterocycles. The number of hydrogen-bond acceptors (Lipinski definition) is 8. The van der Waals surface area contributed by atoms with Gasteiger partial charge in [0.2, 0.25) is 5.82 Å². The summed E-state index contributed by atoms with van der Waals surface area (Å²) in [5.74, 6) is 1.83. The van der Waals surface area contributed by atoms with Crippen LogP contribution in [0.3, 0.4) is 0 Å². The van der Waals surface area contributed by atoms with E-state index in [0.717, 1.165) is 12.0 Å². The molecule has 0 saturated carbocycles. The predicted molar refractivity (Wildman–Crippen MR) is 118 cm³/mol. The van der Waals surface area contributed by atoms with Crippen molar-refractivity contribution in [2.75, 3.05) is 27.3 Å². The maximum atomic E-state index is 13.0. The number of methoxy groups -OCH3 is 2. The van der Waals surface area contributed by atoms with E-state index in [1.165, 1.54) is 0 Å². The van der Waals surface area contributed by atoms with Crippen LogP contribution in [-0.2, 0) is 0 Å². The van der Waals surface area contributed by atoms with Crippen LogP contribution in [0.25, 0.3) is 23.0 Å². The molecule has 3 heterocycles. The van der Waals surface area contributed by atoms with E-state index in [0.29, 0.717) is 47.6 Å². The summed E-state index contributed by atoms with van der Waals surface area (Å²) in [5.41, 5.74) is 1.90. The molecule has 0 aliphatic carbocycles. The summed E-state index contributed by atoms with van der Waals surface area (Å²) < 4.78 is 17.7. The lowest BCUT2D eigenvalue weighted by molar-refractivity contribution is 0.0786. The summed E-state index contributed by atoms with van der Waals surface area (Å²) in [6, 6.07) is 14.8. The molecule has 2 aromatic heterocycles. The summed E-state index contributed by atoms with van der Waals surface area (Å²) >= 11 is 0. The zero-order valence-corrected chi connectivity index (χ0v) is 18.2. The maximum absolute atomic E-state index is 13.0. The summed E-state index contributed by atoms with van der Waals surface area (Å²) in [5, 5.41) is 12.5. The molecule has 0 radical (unpaired) electrons. The summed E-state index contributed by atoms with van der Waals surface area (Å²) in [7, 11) is 3.11. The summed E-state index contributed by atoms with van der Waals surface area (Å²) in [4.78, 5) is 19.2. The van der Waals surface area contributed by atoms with Crippen molar-refractivity contribution < 1.29 is 18.8 Å². The first-order chi connectivity index (χ1) is 16.2. The molecule has 10 heteroatoms. The van der Waals surface area contributed by atoms with Crippen LogP contribution >= 0.6 is 0 Å². The van der Waals surface area contributed by atoms with Crippen LogP contribution in [0.15, 0.2) is 59.3 Å². The minimum absolute atomic E-state index is 0.00635. The fraction of sp³-hybridized carbons (Fsp3) is 0.261. The first kappa shape index (κ1) is 20.7. The van der Waals surface area contributed by atoms with Gasteiger partial charge < -0.3 is 18.9 Å². The molecule has 33 heavy (non-hydrogen) atoms. The molecule has 0 N–H and O–H groups in total. The standard InChI is InChI=1S/C23H22N6O4/c1-31-19-9-8-16(12-20(19)32-2)23(30)28-11-10-17(13-28)29-14-18(25-27-29)22-24-21(26-33-22)15-6-4-3-5-7-15/h3-9,12,14,17H,10-11,13H2,1-2H3/t17-/m0/s1. The molecule has 0 spiro atoms. The van der Waals surface area contributed by atoms with Crippen molar-refractivity contribution in [3.63, 3.8) is 0 Å². The zero-order valence-electron chi connectivity index (χ0n) is 18.2. The van der Waals surface area contributed by atoms with Crippen LogP contribution in [0.1, 0.15) is 22.8 Å². The Morgan fingerprint density at radius 1 is 1.09 bits per heavy atom. The lowest BCUT2D eigenvalue weighted by atomic mass is 10.1. The van der Waals surface area contributed by atoms with Crippen molar-refractivity contribution in [2.45, 2.75) is 12.5 Å². The third-order valence-electron chi connectivity index (χ3n) is 5.64. The van der Waals surface area contributed by atoms with Crippen molar-refractivity contribution in [1.82, 2.24) is 30.0 Å². The van der Waals surface area contributed by atoms with Crippen LogP contribution in [0.4, 0.5) is 0 Å². The Hall–Kier alpha value is -4.21. The van der Waals surface area contributed by atoms with E-state index in [4.69, 9.17) is 14.0 Å². The third-order valence-corrected chi connectivity index (χ3v) is 5.64. The van der Waals surface area contributed by atoms with Gasteiger partial charge in [-0.2, -0.15) is 4.98 Å². The van der Waals surface area contributed by atoms with Crippen LogP contribution in [0.5, 0.6) is 11.5 Å². The van der Waals surface area contributed by atoms with Gasteiger partial charge in [-0.3, -0.25) is 4.79 Å². The van der Waals surface area contributed by atoms with Gasteiger partial charge in [0.25, 0.3) is 11.8 Å². The van der Waals surface area contributed by atoms with Crippen molar-refractivity contribution in [3.05, 3.63) is 60.3 Å². The number of hydrogen-bond donors (Lipinski definition) is 0. The number of amides is 1. The van der Waals surface area contributed by atoms with Gasteiger partial charge in [-0.25, -0.2) is 4.68 Å².